The van der Waals surface area contributed by atoms with Crippen molar-refractivity contribution in [3.05, 3.63) is 62.7 Å². The maximum absolute atomic E-state index is 12.7. The third-order valence-electron chi connectivity index (χ3n) is 2.93. The number of rotatable bonds is 4. The molecule has 0 aromatic heterocycles. The van der Waals surface area contributed by atoms with Crippen LogP contribution in [-0.4, -0.2) is 12.5 Å². The standard InChI is InChI=1S/C16H12ClIN2O/c17-14-11-12(7-8-15(14)18)16(21)20(10-4-9-19)13-5-2-1-3-6-13/h1-3,5-8,11H,4,10H2. The SMILES string of the molecule is N#CCCN(C(=O)c1ccc(I)c(Cl)c1)c1ccccc1. The van der Waals surface area contributed by atoms with Crippen LogP contribution >= 0.6 is 34.2 Å². The third kappa shape index (κ3) is 3.96. The Morgan fingerprint density at radius 2 is 1.95 bits per heavy atom. The van der Waals surface area contributed by atoms with E-state index < -0.39 is 0 Å². The Hall–Kier alpha value is -1.58. The fourth-order valence-electron chi connectivity index (χ4n) is 1.90. The van der Waals surface area contributed by atoms with Gasteiger partial charge in [0.15, 0.2) is 0 Å². The molecule has 0 aliphatic heterocycles. The molecule has 0 saturated carbocycles. The topological polar surface area (TPSA) is 44.1 Å². The quantitative estimate of drug-likeness (QED) is 0.696. The molecule has 106 valence electrons. The van der Waals surface area contributed by atoms with E-state index in [1.807, 2.05) is 36.4 Å². The Labute approximate surface area is 142 Å². The highest BCUT2D eigenvalue weighted by atomic mass is 127. The Bertz CT molecular complexity index is 682. The normalized spacial score (nSPS) is 9.95. The highest BCUT2D eigenvalue weighted by Crippen LogP contribution is 2.22. The molecule has 0 saturated heterocycles. The maximum Gasteiger partial charge on any atom is 0.258 e. The van der Waals surface area contributed by atoms with Gasteiger partial charge in [-0.15, -0.1) is 0 Å². The number of carbonyl (C=O) groups excluding carboxylic acids is 1. The lowest BCUT2D eigenvalue weighted by Gasteiger charge is -2.22. The summed E-state index contributed by atoms with van der Waals surface area (Å²) in [5.74, 6) is -0.158. The molecule has 21 heavy (non-hydrogen) atoms. The molecule has 0 radical (unpaired) electrons. The van der Waals surface area contributed by atoms with Crippen LogP contribution in [0.4, 0.5) is 5.69 Å². The van der Waals surface area contributed by atoms with Crippen LogP contribution in [0.25, 0.3) is 0 Å². The first kappa shape index (κ1) is 15.8. The molecule has 0 aliphatic rings. The van der Waals surface area contributed by atoms with Gasteiger partial charge in [0, 0.05) is 21.4 Å². The summed E-state index contributed by atoms with van der Waals surface area (Å²) in [6.45, 7) is 0.350. The van der Waals surface area contributed by atoms with E-state index in [1.165, 1.54) is 0 Å². The molecule has 1 amide bonds. The summed E-state index contributed by atoms with van der Waals surface area (Å²) in [5.41, 5.74) is 1.29. The number of para-hydroxylation sites is 1. The lowest BCUT2D eigenvalue weighted by Crippen LogP contribution is -2.31. The second kappa shape index (κ2) is 7.43. The molecule has 5 heteroatoms. The minimum Gasteiger partial charge on any atom is -0.307 e. The third-order valence-corrected chi connectivity index (χ3v) is 4.50. The molecule has 0 bridgehead atoms. The van der Waals surface area contributed by atoms with Crippen molar-refractivity contribution in [1.29, 1.82) is 5.26 Å². The molecule has 0 aliphatic carbocycles. The fraction of sp³-hybridized carbons (Fsp3) is 0.125. The number of hydrogen-bond donors (Lipinski definition) is 0. The van der Waals surface area contributed by atoms with Gasteiger partial charge in [0.2, 0.25) is 0 Å². The molecule has 2 aromatic carbocycles. The van der Waals surface area contributed by atoms with Crippen molar-refractivity contribution in [3.8, 4) is 6.07 Å². The van der Waals surface area contributed by atoms with E-state index in [1.54, 1.807) is 17.0 Å². The summed E-state index contributed by atoms with van der Waals surface area (Å²) in [6, 6.07) is 16.6. The van der Waals surface area contributed by atoms with Gasteiger partial charge >= 0.3 is 0 Å². The number of benzene rings is 2. The first-order valence-corrected chi connectivity index (χ1v) is 7.78. The van der Waals surface area contributed by atoms with E-state index in [4.69, 9.17) is 16.9 Å². The van der Waals surface area contributed by atoms with Gasteiger partial charge in [0.25, 0.3) is 5.91 Å². The van der Waals surface area contributed by atoms with E-state index in [0.29, 0.717) is 17.1 Å². The summed E-state index contributed by atoms with van der Waals surface area (Å²) >= 11 is 8.20. The molecule has 0 spiro atoms. The van der Waals surface area contributed by atoms with Crippen LogP contribution in [0.5, 0.6) is 0 Å². The lowest BCUT2D eigenvalue weighted by atomic mass is 10.1. The van der Waals surface area contributed by atoms with Gasteiger partial charge in [-0.1, -0.05) is 29.8 Å². The van der Waals surface area contributed by atoms with Crippen LogP contribution in [0.3, 0.4) is 0 Å². The Kier molecular flexibility index (Phi) is 5.59. The largest absolute Gasteiger partial charge is 0.307 e. The van der Waals surface area contributed by atoms with Crippen molar-refractivity contribution in [3.63, 3.8) is 0 Å². The van der Waals surface area contributed by atoms with Gasteiger partial charge < -0.3 is 4.90 Å². The van der Waals surface area contributed by atoms with Crippen LogP contribution in [0, 0.1) is 14.9 Å². The van der Waals surface area contributed by atoms with Crippen molar-refractivity contribution in [2.45, 2.75) is 6.42 Å². The Morgan fingerprint density at radius 3 is 2.57 bits per heavy atom. The average Bonchev–Trinajstić information content (AvgIpc) is 2.51. The summed E-state index contributed by atoms with van der Waals surface area (Å²) in [5, 5.41) is 9.34. The van der Waals surface area contributed by atoms with Gasteiger partial charge in [0.05, 0.1) is 17.5 Å². The van der Waals surface area contributed by atoms with Crippen molar-refractivity contribution in [1.82, 2.24) is 0 Å². The summed E-state index contributed by atoms with van der Waals surface area (Å²) in [7, 11) is 0. The van der Waals surface area contributed by atoms with Gasteiger partial charge in [-0.2, -0.15) is 5.26 Å². The van der Waals surface area contributed by atoms with E-state index in [0.717, 1.165) is 9.26 Å². The first-order chi connectivity index (χ1) is 10.1. The number of nitrogens with zero attached hydrogens (tertiary/aromatic N) is 2. The van der Waals surface area contributed by atoms with Crippen LogP contribution in [0.1, 0.15) is 16.8 Å². The van der Waals surface area contributed by atoms with Gasteiger partial charge in [-0.25, -0.2) is 0 Å². The van der Waals surface area contributed by atoms with Gasteiger partial charge in [0.1, 0.15) is 0 Å². The van der Waals surface area contributed by atoms with Crippen molar-refractivity contribution in [2.24, 2.45) is 0 Å². The molecule has 2 rings (SSSR count). The van der Waals surface area contributed by atoms with E-state index >= 15 is 0 Å². The summed E-state index contributed by atoms with van der Waals surface area (Å²) in [4.78, 5) is 14.3. The van der Waals surface area contributed by atoms with Crippen molar-refractivity contribution >= 4 is 45.8 Å². The molecule has 0 atom stereocenters. The summed E-state index contributed by atoms with van der Waals surface area (Å²) < 4.78 is 0.897. The van der Waals surface area contributed by atoms with Gasteiger partial charge in [-0.3, -0.25) is 4.79 Å². The summed E-state index contributed by atoms with van der Waals surface area (Å²) in [6.07, 6.45) is 0.277. The highest BCUT2D eigenvalue weighted by Gasteiger charge is 2.18. The van der Waals surface area contributed by atoms with Crippen molar-refractivity contribution in [2.75, 3.05) is 11.4 Å². The second-order valence-electron chi connectivity index (χ2n) is 4.33. The fourth-order valence-corrected chi connectivity index (χ4v) is 2.42. The maximum atomic E-state index is 12.7. The van der Waals surface area contributed by atoms with Crippen LogP contribution in [-0.2, 0) is 0 Å². The number of carbonyl (C=O) groups is 1. The molecular formula is C16H12ClIN2O. The lowest BCUT2D eigenvalue weighted by molar-refractivity contribution is 0.0987. The van der Waals surface area contributed by atoms with Crippen LogP contribution < -0.4 is 4.90 Å². The number of nitriles is 1. The molecule has 0 heterocycles. The number of hydrogen-bond acceptors (Lipinski definition) is 2. The zero-order chi connectivity index (χ0) is 15.2. The zero-order valence-corrected chi connectivity index (χ0v) is 14.0. The zero-order valence-electron chi connectivity index (χ0n) is 11.1. The van der Waals surface area contributed by atoms with E-state index in [2.05, 4.69) is 28.7 Å². The molecule has 0 fully saturated rings. The molecule has 2 aromatic rings. The minimum atomic E-state index is -0.158. The molecule has 3 nitrogen and oxygen atoms in total. The second-order valence-corrected chi connectivity index (χ2v) is 5.90. The Morgan fingerprint density at radius 1 is 1.24 bits per heavy atom. The van der Waals surface area contributed by atoms with Crippen molar-refractivity contribution < 1.29 is 4.79 Å². The predicted molar refractivity (Wildman–Crippen MR) is 92.5 cm³/mol. The monoisotopic (exact) mass is 410 g/mol. The Balaban J connectivity index is 2.34. The number of anilines is 1. The van der Waals surface area contributed by atoms with E-state index in [-0.39, 0.29) is 12.3 Å². The first-order valence-electron chi connectivity index (χ1n) is 6.32. The number of amides is 1. The molecular weight excluding hydrogens is 399 g/mol. The average molecular weight is 411 g/mol. The number of halogens is 2. The molecule has 0 N–H and O–H groups in total. The van der Waals surface area contributed by atoms with Gasteiger partial charge in [-0.05, 0) is 52.9 Å². The smallest absolute Gasteiger partial charge is 0.258 e. The highest BCUT2D eigenvalue weighted by molar-refractivity contribution is 14.1. The minimum absolute atomic E-state index is 0.158. The van der Waals surface area contributed by atoms with Crippen LogP contribution in [0.2, 0.25) is 5.02 Å². The van der Waals surface area contributed by atoms with Crippen LogP contribution in [0.15, 0.2) is 48.5 Å². The molecule has 0 unspecified atom stereocenters. The predicted octanol–water partition coefficient (Wildman–Crippen LogP) is 4.51. The van der Waals surface area contributed by atoms with E-state index in [9.17, 15) is 4.79 Å².